The Kier molecular flexibility index (Phi) is 4.03. The number of primary amides is 1. The number of hydrogen-bond donors (Lipinski definition) is 1. The minimum atomic E-state index is -0.547. The third-order valence-corrected chi connectivity index (χ3v) is 5.73. The molecule has 1 amide bonds. The topological polar surface area (TPSA) is 70.1 Å². The summed E-state index contributed by atoms with van der Waals surface area (Å²) < 4.78 is 0. The lowest BCUT2D eigenvalue weighted by atomic mass is 9.72. The van der Waals surface area contributed by atoms with E-state index in [9.17, 15) is 10.1 Å². The average molecular weight is 331 g/mol. The molecule has 0 radical (unpaired) electrons. The zero-order valence-corrected chi connectivity index (χ0v) is 14.1. The van der Waals surface area contributed by atoms with Crippen LogP contribution < -0.4 is 5.73 Å². The van der Waals surface area contributed by atoms with Gasteiger partial charge in [-0.2, -0.15) is 5.26 Å². The Labute approximate surface area is 147 Å². The maximum Gasteiger partial charge on any atom is 0.250 e. The van der Waals surface area contributed by atoms with Gasteiger partial charge in [0.25, 0.3) is 0 Å². The van der Waals surface area contributed by atoms with E-state index in [1.165, 1.54) is 31.5 Å². The minimum Gasteiger partial charge on any atom is -0.366 e. The van der Waals surface area contributed by atoms with Gasteiger partial charge < -0.3 is 10.6 Å². The SMILES string of the molecule is N#Cc1c(C(N)=O)ccc(C2CN3CCC2CC3)c1-c1ccccc1. The van der Waals surface area contributed by atoms with Crippen LogP contribution in [-0.2, 0) is 0 Å². The highest BCUT2D eigenvalue weighted by Gasteiger charge is 2.36. The molecular weight excluding hydrogens is 310 g/mol. The van der Waals surface area contributed by atoms with E-state index in [1.54, 1.807) is 6.07 Å². The molecular formula is C21H21N3O. The Morgan fingerprint density at radius 3 is 2.40 bits per heavy atom. The first-order chi connectivity index (χ1) is 12.2. The quantitative estimate of drug-likeness (QED) is 0.939. The first-order valence-corrected chi connectivity index (χ1v) is 8.83. The Morgan fingerprint density at radius 2 is 1.84 bits per heavy atom. The van der Waals surface area contributed by atoms with Gasteiger partial charge in [-0.15, -0.1) is 0 Å². The van der Waals surface area contributed by atoms with Gasteiger partial charge in [0.1, 0.15) is 6.07 Å². The standard InChI is InChI=1S/C21H21N3O/c22-12-18-17(21(23)25)7-6-16(20(18)15-4-2-1-3-5-15)19-13-24-10-8-14(19)9-11-24/h1-7,14,19H,8-11,13H2,(H2,23,25). The van der Waals surface area contributed by atoms with Gasteiger partial charge in [0.15, 0.2) is 0 Å². The lowest BCUT2D eigenvalue weighted by molar-refractivity contribution is 0.0873. The van der Waals surface area contributed by atoms with E-state index in [0.717, 1.165) is 17.7 Å². The molecule has 126 valence electrons. The van der Waals surface area contributed by atoms with Crippen molar-refractivity contribution in [2.75, 3.05) is 19.6 Å². The summed E-state index contributed by atoms with van der Waals surface area (Å²) >= 11 is 0. The fourth-order valence-electron chi connectivity index (χ4n) is 4.48. The van der Waals surface area contributed by atoms with Gasteiger partial charge in [0.05, 0.1) is 11.1 Å². The molecule has 4 nitrogen and oxygen atoms in total. The van der Waals surface area contributed by atoms with Crippen LogP contribution in [0, 0.1) is 17.2 Å². The fraction of sp³-hybridized carbons (Fsp3) is 0.333. The molecule has 3 aliphatic heterocycles. The second-order valence-electron chi connectivity index (χ2n) is 7.04. The largest absolute Gasteiger partial charge is 0.366 e. The van der Waals surface area contributed by atoms with Gasteiger partial charge >= 0.3 is 0 Å². The third-order valence-electron chi connectivity index (χ3n) is 5.73. The van der Waals surface area contributed by atoms with Crippen molar-refractivity contribution >= 4 is 5.91 Å². The number of nitrogens with two attached hydrogens (primary N) is 1. The van der Waals surface area contributed by atoms with Gasteiger partial charge in [0.2, 0.25) is 5.91 Å². The maximum absolute atomic E-state index is 11.8. The van der Waals surface area contributed by atoms with Crippen molar-refractivity contribution in [2.45, 2.75) is 18.8 Å². The van der Waals surface area contributed by atoms with Crippen molar-refractivity contribution in [1.82, 2.24) is 4.90 Å². The van der Waals surface area contributed by atoms with Gasteiger partial charge in [-0.25, -0.2) is 0 Å². The highest BCUT2D eigenvalue weighted by atomic mass is 16.1. The molecule has 2 N–H and O–H groups in total. The van der Waals surface area contributed by atoms with E-state index in [2.05, 4.69) is 11.0 Å². The van der Waals surface area contributed by atoms with Crippen LogP contribution in [-0.4, -0.2) is 30.4 Å². The van der Waals surface area contributed by atoms with Crippen molar-refractivity contribution in [2.24, 2.45) is 11.7 Å². The van der Waals surface area contributed by atoms with Crippen LogP contribution >= 0.6 is 0 Å². The van der Waals surface area contributed by atoms with E-state index in [0.29, 0.717) is 23.0 Å². The van der Waals surface area contributed by atoms with E-state index in [-0.39, 0.29) is 0 Å². The lowest BCUT2D eigenvalue weighted by Crippen LogP contribution is -2.46. The van der Waals surface area contributed by atoms with Gasteiger partial charge in [0, 0.05) is 18.0 Å². The number of rotatable bonds is 3. The minimum absolute atomic E-state index is 0.311. The van der Waals surface area contributed by atoms with Crippen LogP contribution in [0.2, 0.25) is 0 Å². The molecule has 0 spiro atoms. The summed E-state index contributed by atoms with van der Waals surface area (Å²) in [6, 6.07) is 15.9. The summed E-state index contributed by atoms with van der Waals surface area (Å²) in [5, 5.41) is 9.80. The highest BCUT2D eigenvalue weighted by molar-refractivity contribution is 5.98. The zero-order valence-electron chi connectivity index (χ0n) is 14.1. The van der Waals surface area contributed by atoms with Crippen LogP contribution in [0.25, 0.3) is 11.1 Å². The molecule has 2 aromatic carbocycles. The summed E-state index contributed by atoms with van der Waals surface area (Å²) in [6.07, 6.45) is 2.41. The summed E-state index contributed by atoms with van der Waals surface area (Å²) in [5.74, 6) is 0.513. The number of nitrogens with zero attached hydrogens (tertiary/aromatic N) is 2. The van der Waals surface area contributed by atoms with Crippen molar-refractivity contribution in [3.63, 3.8) is 0 Å². The van der Waals surface area contributed by atoms with Crippen molar-refractivity contribution < 1.29 is 4.79 Å². The van der Waals surface area contributed by atoms with Crippen molar-refractivity contribution in [3.8, 4) is 17.2 Å². The highest BCUT2D eigenvalue weighted by Crippen LogP contribution is 2.43. The normalized spacial score (nSPS) is 24.7. The first-order valence-electron chi connectivity index (χ1n) is 8.83. The molecule has 3 fully saturated rings. The monoisotopic (exact) mass is 331 g/mol. The summed E-state index contributed by atoms with van der Waals surface area (Å²) in [6.45, 7) is 3.38. The molecule has 25 heavy (non-hydrogen) atoms. The summed E-state index contributed by atoms with van der Waals surface area (Å²) in [5.41, 5.74) is 9.30. The van der Waals surface area contributed by atoms with Gasteiger partial charge in [-0.1, -0.05) is 36.4 Å². The number of benzene rings is 2. The first kappa shape index (κ1) is 15.9. The van der Waals surface area contributed by atoms with Gasteiger partial charge in [-0.3, -0.25) is 4.79 Å². The molecule has 0 aliphatic carbocycles. The van der Waals surface area contributed by atoms with Crippen LogP contribution in [0.3, 0.4) is 0 Å². The maximum atomic E-state index is 11.8. The fourth-order valence-corrected chi connectivity index (χ4v) is 4.48. The molecule has 0 aromatic heterocycles. The van der Waals surface area contributed by atoms with E-state index < -0.39 is 5.91 Å². The molecule has 2 bridgehead atoms. The molecule has 3 heterocycles. The Balaban J connectivity index is 1.93. The second-order valence-corrected chi connectivity index (χ2v) is 7.04. The van der Waals surface area contributed by atoms with Crippen LogP contribution in [0.15, 0.2) is 42.5 Å². The Bertz CT molecular complexity index is 845. The number of nitriles is 1. The third kappa shape index (κ3) is 2.71. The molecule has 0 saturated carbocycles. The van der Waals surface area contributed by atoms with Crippen LogP contribution in [0.1, 0.15) is 40.2 Å². The van der Waals surface area contributed by atoms with Crippen LogP contribution in [0.4, 0.5) is 0 Å². The molecule has 2 aromatic rings. The predicted molar refractivity (Wildman–Crippen MR) is 97.0 cm³/mol. The molecule has 1 unspecified atom stereocenters. The molecule has 4 heteroatoms. The van der Waals surface area contributed by atoms with E-state index >= 15 is 0 Å². The predicted octanol–water partition coefficient (Wildman–Crippen LogP) is 3.13. The molecule has 5 rings (SSSR count). The van der Waals surface area contributed by atoms with E-state index in [1.807, 2.05) is 36.4 Å². The Hall–Kier alpha value is -2.64. The molecule has 3 saturated heterocycles. The smallest absolute Gasteiger partial charge is 0.250 e. The van der Waals surface area contributed by atoms with E-state index in [4.69, 9.17) is 5.73 Å². The second kappa shape index (κ2) is 6.34. The summed E-state index contributed by atoms with van der Waals surface area (Å²) in [7, 11) is 0. The number of hydrogen-bond acceptors (Lipinski definition) is 3. The van der Waals surface area contributed by atoms with Crippen molar-refractivity contribution in [1.29, 1.82) is 5.26 Å². The Morgan fingerprint density at radius 1 is 1.12 bits per heavy atom. The lowest BCUT2D eigenvalue weighted by Gasteiger charge is -2.45. The number of piperidine rings is 3. The molecule has 3 aliphatic rings. The number of carbonyl (C=O) groups is 1. The molecule has 1 atom stereocenters. The van der Waals surface area contributed by atoms with Crippen molar-refractivity contribution in [3.05, 3.63) is 59.2 Å². The zero-order chi connectivity index (χ0) is 17.4. The van der Waals surface area contributed by atoms with Crippen LogP contribution in [0.5, 0.6) is 0 Å². The van der Waals surface area contributed by atoms with Gasteiger partial charge in [-0.05, 0) is 49.0 Å². The average Bonchev–Trinajstić information content (AvgIpc) is 2.68. The number of carbonyl (C=O) groups excluding carboxylic acids is 1. The summed E-state index contributed by atoms with van der Waals surface area (Å²) in [4.78, 5) is 14.3. The number of fused-ring (bicyclic) bond motifs is 3. The number of amides is 1.